The van der Waals surface area contributed by atoms with Gasteiger partial charge in [0.25, 0.3) is 0 Å². The highest BCUT2D eigenvalue weighted by atomic mass is 14.9. The van der Waals surface area contributed by atoms with Crippen LogP contribution in [0.15, 0.2) is 231 Å². The maximum absolute atomic E-state index is 5.49. The average molecular weight is 841 g/mol. The first kappa shape index (κ1) is 38.3. The molecule has 0 bridgehead atoms. The van der Waals surface area contributed by atoms with Crippen LogP contribution in [0.5, 0.6) is 0 Å². The molecule has 0 unspecified atom stereocenters. The number of hydrogen-bond donors (Lipinski definition) is 0. The standard InChI is InChI=1S/C64H44N2/c1-63(2)56-36-31-43(38-55(56)52-33-30-41-18-12-13-25-48(41)61(52)63)47-34-35-53(50-27-15-14-26-49(47)50)62-65-59(42-19-6-3-7-20-42)40-60(66-62)44-32-37-58-54(39-44)51-28-16-17-29-57(51)64(58,45-21-8-4-9-22-45)46-23-10-5-11-24-46/h3-40H,1-2H3. The van der Waals surface area contributed by atoms with Gasteiger partial charge in [-0.1, -0.05) is 220 Å². The van der Waals surface area contributed by atoms with Crippen LogP contribution in [0.25, 0.3) is 88.8 Å². The molecule has 0 aliphatic heterocycles. The monoisotopic (exact) mass is 840 g/mol. The van der Waals surface area contributed by atoms with Crippen molar-refractivity contribution in [3.8, 4) is 67.3 Å². The van der Waals surface area contributed by atoms with Crippen molar-refractivity contribution >= 4 is 21.5 Å². The van der Waals surface area contributed by atoms with Crippen LogP contribution in [-0.4, -0.2) is 9.97 Å². The third kappa shape index (κ3) is 5.61. The lowest BCUT2D eigenvalue weighted by atomic mass is 9.67. The summed E-state index contributed by atoms with van der Waals surface area (Å²) in [6.45, 7) is 4.74. The first-order valence-corrected chi connectivity index (χ1v) is 23.0. The second kappa shape index (κ2) is 14.7. The number of benzene rings is 10. The molecule has 2 nitrogen and oxygen atoms in total. The van der Waals surface area contributed by atoms with Crippen molar-refractivity contribution in [3.63, 3.8) is 0 Å². The Morgan fingerprint density at radius 3 is 1.58 bits per heavy atom. The molecule has 2 heteroatoms. The van der Waals surface area contributed by atoms with Crippen molar-refractivity contribution < 1.29 is 0 Å². The zero-order valence-corrected chi connectivity index (χ0v) is 36.8. The van der Waals surface area contributed by atoms with Gasteiger partial charge in [0.15, 0.2) is 5.82 Å². The van der Waals surface area contributed by atoms with E-state index in [0.717, 1.165) is 33.5 Å². The van der Waals surface area contributed by atoms with Crippen LogP contribution in [0.4, 0.5) is 0 Å². The Balaban J connectivity index is 0.975. The molecule has 0 N–H and O–H groups in total. The summed E-state index contributed by atoms with van der Waals surface area (Å²) in [5, 5.41) is 4.92. The summed E-state index contributed by atoms with van der Waals surface area (Å²) in [4.78, 5) is 10.9. The zero-order valence-electron chi connectivity index (χ0n) is 36.8. The second-order valence-corrected chi connectivity index (χ2v) is 18.4. The summed E-state index contributed by atoms with van der Waals surface area (Å²) in [5.41, 5.74) is 19.7. The van der Waals surface area contributed by atoms with Crippen molar-refractivity contribution in [1.82, 2.24) is 9.97 Å². The molecule has 0 fully saturated rings. The average Bonchev–Trinajstić information content (AvgIpc) is 3.81. The number of nitrogens with zero attached hydrogens (tertiary/aromatic N) is 2. The number of aromatic nitrogens is 2. The van der Waals surface area contributed by atoms with Gasteiger partial charge in [0.1, 0.15) is 0 Å². The molecule has 2 aliphatic carbocycles. The first-order valence-electron chi connectivity index (χ1n) is 23.0. The molecule has 0 spiro atoms. The minimum absolute atomic E-state index is 0.107. The van der Waals surface area contributed by atoms with Gasteiger partial charge in [-0.2, -0.15) is 0 Å². The van der Waals surface area contributed by atoms with Gasteiger partial charge >= 0.3 is 0 Å². The van der Waals surface area contributed by atoms with Crippen LogP contribution in [0, 0.1) is 0 Å². The van der Waals surface area contributed by atoms with Crippen molar-refractivity contribution in [2.24, 2.45) is 0 Å². The van der Waals surface area contributed by atoms with E-state index in [0.29, 0.717) is 5.82 Å². The van der Waals surface area contributed by atoms with E-state index in [2.05, 4.69) is 244 Å². The fourth-order valence-electron chi connectivity index (χ4n) is 11.6. The quantitative estimate of drug-likeness (QED) is 0.167. The molecule has 0 radical (unpaired) electrons. The van der Waals surface area contributed by atoms with Gasteiger partial charge in [-0.15, -0.1) is 0 Å². The van der Waals surface area contributed by atoms with Crippen LogP contribution in [0.3, 0.4) is 0 Å². The normalized spacial score (nSPS) is 13.8. The van der Waals surface area contributed by atoms with E-state index in [1.807, 2.05) is 0 Å². The molecule has 13 rings (SSSR count). The van der Waals surface area contributed by atoms with Gasteiger partial charge in [-0.3, -0.25) is 0 Å². The smallest absolute Gasteiger partial charge is 0.161 e. The Morgan fingerprint density at radius 1 is 0.318 bits per heavy atom. The minimum atomic E-state index is -0.466. The van der Waals surface area contributed by atoms with Gasteiger partial charge in [-0.05, 0) is 113 Å². The van der Waals surface area contributed by atoms with E-state index in [1.54, 1.807) is 0 Å². The molecule has 0 atom stereocenters. The van der Waals surface area contributed by atoms with E-state index >= 15 is 0 Å². The Bertz CT molecular complexity index is 3680. The largest absolute Gasteiger partial charge is 0.228 e. The van der Waals surface area contributed by atoms with Crippen molar-refractivity contribution in [2.45, 2.75) is 24.7 Å². The summed E-state index contributed by atoms with van der Waals surface area (Å²) in [5.74, 6) is 0.703. The Morgan fingerprint density at radius 2 is 0.833 bits per heavy atom. The number of hydrogen-bond acceptors (Lipinski definition) is 2. The lowest BCUT2D eigenvalue weighted by Gasteiger charge is -2.33. The Kier molecular flexibility index (Phi) is 8.51. The van der Waals surface area contributed by atoms with E-state index in [4.69, 9.17) is 9.97 Å². The highest BCUT2D eigenvalue weighted by molar-refractivity contribution is 6.06. The third-order valence-corrected chi connectivity index (χ3v) is 14.6. The van der Waals surface area contributed by atoms with Crippen LogP contribution in [0.2, 0.25) is 0 Å². The molecular formula is C64H44N2. The first-order chi connectivity index (χ1) is 32.5. The predicted octanol–water partition coefficient (Wildman–Crippen LogP) is 16.1. The zero-order chi connectivity index (χ0) is 44.0. The molecule has 0 saturated carbocycles. The maximum atomic E-state index is 5.49. The highest BCUT2D eigenvalue weighted by Crippen LogP contribution is 2.57. The molecule has 310 valence electrons. The van der Waals surface area contributed by atoms with Crippen molar-refractivity contribution in [3.05, 3.63) is 264 Å². The second-order valence-electron chi connectivity index (χ2n) is 18.4. The van der Waals surface area contributed by atoms with Crippen molar-refractivity contribution in [1.29, 1.82) is 0 Å². The van der Waals surface area contributed by atoms with Crippen LogP contribution in [0.1, 0.15) is 47.2 Å². The van der Waals surface area contributed by atoms with E-state index in [1.165, 1.54) is 82.9 Å². The summed E-state index contributed by atoms with van der Waals surface area (Å²) < 4.78 is 0. The number of fused-ring (bicyclic) bond motifs is 9. The van der Waals surface area contributed by atoms with Crippen LogP contribution < -0.4 is 0 Å². The lowest BCUT2D eigenvalue weighted by Crippen LogP contribution is -2.28. The third-order valence-electron chi connectivity index (χ3n) is 14.6. The highest BCUT2D eigenvalue weighted by Gasteiger charge is 2.46. The van der Waals surface area contributed by atoms with E-state index in [-0.39, 0.29) is 5.41 Å². The molecule has 66 heavy (non-hydrogen) atoms. The molecule has 1 aromatic heterocycles. The molecule has 0 amide bonds. The fraction of sp³-hybridized carbons (Fsp3) is 0.0625. The molecule has 2 aliphatic rings. The summed E-state index contributed by atoms with van der Waals surface area (Å²) in [6, 6.07) is 84.3. The Hall–Kier alpha value is -8.20. The fourth-order valence-corrected chi connectivity index (χ4v) is 11.6. The summed E-state index contributed by atoms with van der Waals surface area (Å²) in [7, 11) is 0. The minimum Gasteiger partial charge on any atom is -0.228 e. The molecule has 1 heterocycles. The molecule has 11 aromatic rings. The topological polar surface area (TPSA) is 25.8 Å². The molecular weight excluding hydrogens is 797 g/mol. The van der Waals surface area contributed by atoms with Crippen molar-refractivity contribution in [2.75, 3.05) is 0 Å². The van der Waals surface area contributed by atoms with Crippen LogP contribution >= 0.6 is 0 Å². The van der Waals surface area contributed by atoms with Gasteiger partial charge in [0.05, 0.1) is 16.8 Å². The van der Waals surface area contributed by atoms with E-state index in [9.17, 15) is 0 Å². The molecule has 0 saturated heterocycles. The van der Waals surface area contributed by atoms with Gasteiger partial charge in [-0.25, -0.2) is 9.97 Å². The maximum Gasteiger partial charge on any atom is 0.161 e. The van der Waals surface area contributed by atoms with Crippen LogP contribution in [-0.2, 0) is 10.8 Å². The van der Waals surface area contributed by atoms with Gasteiger partial charge in [0.2, 0.25) is 0 Å². The summed E-state index contributed by atoms with van der Waals surface area (Å²) in [6.07, 6.45) is 0. The predicted molar refractivity (Wildman–Crippen MR) is 274 cm³/mol. The van der Waals surface area contributed by atoms with Gasteiger partial charge < -0.3 is 0 Å². The van der Waals surface area contributed by atoms with E-state index < -0.39 is 5.41 Å². The SMILES string of the molecule is CC1(C)c2ccc(-c3ccc(-c4nc(-c5ccccc5)cc(-c5ccc6c(c5)-c5ccccc5C6(c5ccccc5)c5ccccc5)n4)c4ccccc34)cc2-c2ccc3ccccc3c21. The molecule has 10 aromatic carbocycles. The Labute approximate surface area is 385 Å². The number of rotatable bonds is 6. The van der Waals surface area contributed by atoms with Gasteiger partial charge in [0, 0.05) is 22.1 Å². The summed E-state index contributed by atoms with van der Waals surface area (Å²) >= 11 is 0. The lowest BCUT2D eigenvalue weighted by molar-refractivity contribution is 0.666.